The summed E-state index contributed by atoms with van der Waals surface area (Å²) in [5.41, 5.74) is 1.29. The van der Waals surface area contributed by atoms with Crippen molar-refractivity contribution in [3.63, 3.8) is 0 Å². The number of amides is 1. The predicted octanol–water partition coefficient (Wildman–Crippen LogP) is 2.71. The van der Waals surface area contributed by atoms with Crippen LogP contribution in [0.15, 0.2) is 41.6 Å². The second-order valence-electron chi connectivity index (χ2n) is 7.53. The molecule has 0 bridgehead atoms. The number of anilines is 1. The summed E-state index contributed by atoms with van der Waals surface area (Å²) in [7, 11) is -2.21. The number of nitrogens with zero attached hydrogens (tertiary/aromatic N) is 3. The number of nitrogens with one attached hydrogen (secondary N) is 2. The Morgan fingerprint density at radius 2 is 2.00 bits per heavy atom. The average molecular weight is 430 g/mol. The van der Waals surface area contributed by atoms with Crippen molar-refractivity contribution in [2.45, 2.75) is 43.7 Å². The molecule has 2 heterocycles. The van der Waals surface area contributed by atoms with Gasteiger partial charge >= 0.3 is 0 Å². The molecule has 9 nitrogen and oxygen atoms in total. The highest BCUT2D eigenvalue weighted by Crippen LogP contribution is 2.29. The summed E-state index contributed by atoms with van der Waals surface area (Å²) in [6.07, 6.45) is 4.81. The normalized spacial score (nSPS) is 14.3. The first kappa shape index (κ1) is 20.3. The number of carbonyl (C=O) groups excluding carboxylic acids is 1. The molecule has 30 heavy (non-hydrogen) atoms. The van der Waals surface area contributed by atoms with Gasteiger partial charge in [0.1, 0.15) is 5.75 Å². The zero-order valence-electron chi connectivity index (χ0n) is 16.9. The lowest BCUT2D eigenvalue weighted by molar-refractivity contribution is 0.102. The number of methoxy groups -OCH3 is 1. The van der Waals surface area contributed by atoms with Gasteiger partial charge in [-0.05, 0) is 51.0 Å². The molecule has 0 unspecified atom stereocenters. The Hall–Kier alpha value is -2.98. The molecule has 3 aromatic rings. The van der Waals surface area contributed by atoms with Gasteiger partial charge in [-0.1, -0.05) is 0 Å². The highest BCUT2D eigenvalue weighted by molar-refractivity contribution is 7.89. The Balaban J connectivity index is 1.62. The minimum absolute atomic E-state index is 0.0142. The maximum Gasteiger partial charge on any atom is 0.257 e. The molecule has 0 atom stereocenters. The molecule has 2 N–H and O–H groups in total. The first-order chi connectivity index (χ1) is 14.3. The Bertz CT molecular complexity index is 1220. The minimum Gasteiger partial charge on any atom is -0.495 e. The zero-order valence-corrected chi connectivity index (χ0v) is 17.7. The summed E-state index contributed by atoms with van der Waals surface area (Å²) < 4.78 is 34.7. The van der Waals surface area contributed by atoms with E-state index in [9.17, 15) is 13.2 Å². The number of pyridine rings is 1. The molecule has 1 saturated carbocycles. The molecule has 0 spiro atoms. The maximum atomic E-state index is 12.8. The number of fused-ring (bicyclic) bond motifs is 1. The van der Waals surface area contributed by atoms with Gasteiger partial charge in [0.15, 0.2) is 5.65 Å². The van der Waals surface area contributed by atoms with Crippen LogP contribution in [0.5, 0.6) is 5.75 Å². The van der Waals surface area contributed by atoms with E-state index < -0.39 is 15.9 Å². The third-order valence-corrected chi connectivity index (χ3v) is 6.33. The fourth-order valence-corrected chi connectivity index (χ4v) is 4.41. The van der Waals surface area contributed by atoms with Crippen molar-refractivity contribution in [1.82, 2.24) is 19.5 Å². The van der Waals surface area contributed by atoms with E-state index in [0.717, 1.165) is 18.2 Å². The van der Waals surface area contributed by atoms with E-state index in [1.54, 1.807) is 16.9 Å². The fraction of sp³-hybridized carbons (Fsp3) is 0.350. The summed E-state index contributed by atoms with van der Waals surface area (Å²) in [6.45, 7) is 4.00. The standard InChI is InChI=1S/C20H23N5O4S/c1-12(2)25-19-13(11-22-25)8-14(10-21-19)20(26)23-17-9-16(6-7-18(17)29-3)30(27,28)24-15-4-5-15/h6-12,15,24H,4-5H2,1-3H3,(H,23,26). The summed E-state index contributed by atoms with van der Waals surface area (Å²) in [5.74, 6) is -0.0694. The molecule has 4 rings (SSSR count). The zero-order chi connectivity index (χ0) is 21.5. The number of sulfonamides is 1. The van der Waals surface area contributed by atoms with Gasteiger partial charge in [0.25, 0.3) is 5.91 Å². The number of hydrogen-bond donors (Lipinski definition) is 2. The van der Waals surface area contributed by atoms with Crippen molar-refractivity contribution in [3.8, 4) is 5.75 Å². The largest absolute Gasteiger partial charge is 0.495 e. The Morgan fingerprint density at radius 3 is 2.67 bits per heavy atom. The van der Waals surface area contributed by atoms with Crippen LogP contribution in [-0.4, -0.2) is 42.2 Å². The number of carbonyl (C=O) groups is 1. The molecular formula is C20H23N5O4S. The highest BCUT2D eigenvalue weighted by atomic mass is 32.2. The van der Waals surface area contributed by atoms with Crippen LogP contribution < -0.4 is 14.8 Å². The Morgan fingerprint density at radius 1 is 1.23 bits per heavy atom. The topological polar surface area (TPSA) is 115 Å². The quantitative estimate of drug-likeness (QED) is 0.597. The van der Waals surface area contributed by atoms with Crippen molar-refractivity contribution in [2.24, 2.45) is 0 Å². The number of hydrogen-bond acceptors (Lipinski definition) is 6. The van der Waals surface area contributed by atoms with Gasteiger partial charge in [0.05, 0.1) is 29.5 Å². The Labute approximate surface area is 174 Å². The molecule has 2 aromatic heterocycles. The van der Waals surface area contributed by atoms with Crippen molar-refractivity contribution >= 4 is 32.7 Å². The molecule has 1 aliphatic rings. The number of benzene rings is 1. The molecule has 0 saturated heterocycles. The van der Waals surface area contributed by atoms with E-state index in [-0.39, 0.29) is 22.7 Å². The fourth-order valence-electron chi connectivity index (χ4n) is 3.08. The van der Waals surface area contributed by atoms with E-state index >= 15 is 0 Å². The van der Waals surface area contributed by atoms with Gasteiger partial charge in [-0.2, -0.15) is 5.10 Å². The highest BCUT2D eigenvalue weighted by Gasteiger charge is 2.28. The molecule has 158 valence electrons. The summed E-state index contributed by atoms with van der Waals surface area (Å²) in [4.78, 5) is 17.2. The third kappa shape index (κ3) is 4.01. The molecule has 10 heteroatoms. The number of aromatic nitrogens is 3. The van der Waals surface area contributed by atoms with Crippen molar-refractivity contribution in [1.29, 1.82) is 0 Å². The molecular weight excluding hydrogens is 406 g/mol. The monoisotopic (exact) mass is 429 g/mol. The smallest absolute Gasteiger partial charge is 0.257 e. The van der Waals surface area contributed by atoms with Gasteiger partial charge in [-0.15, -0.1) is 0 Å². The van der Waals surface area contributed by atoms with Gasteiger partial charge in [0, 0.05) is 23.7 Å². The van der Waals surface area contributed by atoms with Crippen LogP contribution in [-0.2, 0) is 10.0 Å². The second kappa shape index (κ2) is 7.69. The van der Waals surface area contributed by atoms with E-state index in [4.69, 9.17) is 4.74 Å². The van der Waals surface area contributed by atoms with E-state index in [2.05, 4.69) is 20.1 Å². The van der Waals surface area contributed by atoms with Crippen molar-refractivity contribution in [3.05, 3.63) is 42.2 Å². The lowest BCUT2D eigenvalue weighted by Crippen LogP contribution is -2.26. The lowest BCUT2D eigenvalue weighted by Gasteiger charge is -2.13. The maximum absolute atomic E-state index is 12.8. The lowest BCUT2D eigenvalue weighted by atomic mass is 10.2. The summed E-state index contributed by atoms with van der Waals surface area (Å²) in [6, 6.07) is 6.20. The van der Waals surface area contributed by atoms with Crippen LogP contribution in [0.3, 0.4) is 0 Å². The van der Waals surface area contributed by atoms with E-state index in [1.807, 2.05) is 13.8 Å². The molecule has 1 fully saturated rings. The molecule has 1 aromatic carbocycles. The minimum atomic E-state index is -3.66. The van der Waals surface area contributed by atoms with Gasteiger partial charge in [0.2, 0.25) is 10.0 Å². The first-order valence-corrected chi connectivity index (χ1v) is 11.1. The first-order valence-electron chi connectivity index (χ1n) is 9.63. The summed E-state index contributed by atoms with van der Waals surface area (Å²) >= 11 is 0. The molecule has 0 aliphatic heterocycles. The van der Waals surface area contributed by atoms with Crippen LogP contribution in [0, 0.1) is 0 Å². The molecule has 1 aliphatic carbocycles. The average Bonchev–Trinajstić information content (AvgIpc) is 3.40. The van der Waals surface area contributed by atoms with Crippen LogP contribution >= 0.6 is 0 Å². The SMILES string of the molecule is COc1ccc(S(=O)(=O)NC2CC2)cc1NC(=O)c1cnc2c(cnn2C(C)C)c1. The molecule has 1 amide bonds. The van der Waals surface area contributed by atoms with Crippen LogP contribution in [0.4, 0.5) is 5.69 Å². The van der Waals surface area contributed by atoms with Gasteiger partial charge in [-0.3, -0.25) is 4.79 Å². The number of ether oxygens (including phenoxy) is 1. The van der Waals surface area contributed by atoms with Gasteiger partial charge in [-0.25, -0.2) is 22.8 Å². The molecule has 0 radical (unpaired) electrons. The van der Waals surface area contributed by atoms with Crippen LogP contribution in [0.25, 0.3) is 11.0 Å². The van der Waals surface area contributed by atoms with E-state index in [1.165, 1.54) is 31.5 Å². The van der Waals surface area contributed by atoms with Crippen molar-refractivity contribution in [2.75, 3.05) is 12.4 Å². The van der Waals surface area contributed by atoms with Gasteiger partial charge < -0.3 is 10.1 Å². The van der Waals surface area contributed by atoms with Crippen LogP contribution in [0.1, 0.15) is 43.1 Å². The van der Waals surface area contributed by atoms with Crippen LogP contribution in [0.2, 0.25) is 0 Å². The third-order valence-electron chi connectivity index (χ3n) is 4.81. The second-order valence-corrected chi connectivity index (χ2v) is 9.25. The predicted molar refractivity (Wildman–Crippen MR) is 112 cm³/mol. The summed E-state index contributed by atoms with van der Waals surface area (Å²) in [5, 5.41) is 7.78. The van der Waals surface area contributed by atoms with E-state index in [0.29, 0.717) is 17.0 Å². The number of rotatable bonds is 7. The van der Waals surface area contributed by atoms with Crippen molar-refractivity contribution < 1.29 is 17.9 Å². The Kier molecular flexibility index (Phi) is 5.20.